The molecule has 19 aromatic rings. The summed E-state index contributed by atoms with van der Waals surface area (Å²) >= 11 is 3.60. The molecule has 1 unspecified atom stereocenters. The van der Waals surface area contributed by atoms with Gasteiger partial charge in [0.2, 0.25) is 0 Å². The third-order valence-electron chi connectivity index (χ3n) is 23.4. The van der Waals surface area contributed by atoms with Gasteiger partial charge in [-0.1, -0.05) is 362 Å². The largest absolute Gasteiger partial charge is 0.494 e. The van der Waals surface area contributed by atoms with Crippen LogP contribution in [-0.2, 0) is 9.31 Å². The Balaban J connectivity index is 0.000000131. The molecule has 0 amide bonds. The smallest absolute Gasteiger partial charge is 0.399 e. The van der Waals surface area contributed by atoms with Gasteiger partial charge in [0.05, 0.1) is 11.2 Å². The molecular weight excluding hydrogens is 1560 g/mol. The first kappa shape index (κ1) is 77.5. The molecule has 0 N–H and O–H groups in total. The van der Waals surface area contributed by atoms with E-state index < -0.39 is 0 Å². The van der Waals surface area contributed by atoms with Gasteiger partial charge >= 0.3 is 7.12 Å². The lowest BCUT2D eigenvalue weighted by Crippen LogP contribution is -2.41. The fourth-order valence-electron chi connectivity index (χ4n) is 16.0. The highest BCUT2D eigenvalue weighted by molar-refractivity contribution is 9.10. The van der Waals surface area contributed by atoms with Crippen molar-refractivity contribution in [2.75, 3.05) is 0 Å². The number of rotatable bonds is 14. The zero-order valence-electron chi connectivity index (χ0n) is 67.8. The number of halogens is 1. The average molecular weight is 1640 g/mol. The summed E-state index contributed by atoms with van der Waals surface area (Å²) in [6.45, 7) is 8.31. The van der Waals surface area contributed by atoms with Gasteiger partial charge in [-0.25, -0.2) is 29.9 Å². The zero-order chi connectivity index (χ0) is 82.5. The third-order valence-corrected chi connectivity index (χ3v) is 23.9. The summed E-state index contributed by atoms with van der Waals surface area (Å²) in [6, 6.07) is 129. The molecule has 584 valence electrons. The van der Waals surface area contributed by atoms with Crippen LogP contribution < -0.4 is 15.9 Å². The highest BCUT2D eigenvalue weighted by atomic mass is 79.9. The van der Waals surface area contributed by atoms with Crippen molar-refractivity contribution in [2.24, 2.45) is 0 Å². The number of hydrogen-bond donors (Lipinski definition) is 0. The minimum Gasteiger partial charge on any atom is -0.399 e. The van der Waals surface area contributed by atoms with E-state index >= 15 is 0 Å². The molecule has 0 radical (unpaired) electrons. The zero-order valence-corrected chi connectivity index (χ0v) is 69.4. The van der Waals surface area contributed by atoms with E-state index in [4.69, 9.17) is 39.2 Å². The highest BCUT2D eigenvalue weighted by Crippen LogP contribution is 2.39. The molecule has 1 saturated heterocycles. The number of pyridine rings is 2. The highest BCUT2D eigenvalue weighted by Gasteiger charge is 2.51. The van der Waals surface area contributed by atoms with Crippen molar-refractivity contribution in [1.82, 2.24) is 39.9 Å². The molecule has 0 saturated carbocycles. The number of benzene rings is 15. The lowest BCUT2D eigenvalue weighted by molar-refractivity contribution is 0.00578. The normalized spacial score (nSPS) is 13.7. The number of hydrogen-bond acceptors (Lipinski definition) is 10. The monoisotopic (exact) mass is 1640 g/mol. The summed E-state index contributed by atoms with van der Waals surface area (Å²) in [5.74, 6) is 4.11. The third kappa shape index (κ3) is 16.8. The summed E-state index contributed by atoms with van der Waals surface area (Å²) in [5.41, 5.74) is 21.1. The molecule has 10 nitrogen and oxygen atoms in total. The van der Waals surface area contributed by atoms with Gasteiger partial charge in [0, 0.05) is 79.3 Å². The van der Waals surface area contributed by atoms with E-state index in [9.17, 15) is 0 Å². The van der Waals surface area contributed by atoms with Crippen molar-refractivity contribution in [3.63, 3.8) is 0 Å². The number of nitrogens with zero attached hydrogens (tertiary/aromatic N) is 8. The Morgan fingerprint density at radius 3 is 1.07 bits per heavy atom. The Hall–Kier alpha value is -14.4. The summed E-state index contributed by atoms with van der Waals surface area (Å²) in [6.07, 6.45) is 13.3. The van der Waals surface area contributed by atoms with Gasteiger partial charge in [-0.2, -0.15) is 0 Å². The molecular formula is C110H82BBrN8O2. The van der Waals surface area contributed by atoms with Gasteiger partial charge < -0.3 is 9.31 Å². The molecule has 1 atom stereocenters. The van der Waals surface area contributed by atoms with Crippen molar-refractivity contribution in [3.8, 4) is 135 Å². The van der Waals surface area contributed by atoms with Crippen molar-refractivity contribution < 1.29 is 9.31 Å². The Morgan fingerprint density at radius 1 is 0.287 bits per heavy atom. The minimum atomic E-state index is -0.325. The van der Waals surface area contributed by atoms with Crippen molar-refractivity contribution in [1.29, 1.82) is 0 Å². The number of fused-ring (bicyclic) bond motifs is 6. The molecule has 5 heterocycles. The predicted octanol–water partition coefficient (Wildman–Crippen LogP) is 25.5. The first-order valence-electron chi connectivity index (χ1n) is 41.2. The van der Waals surface area contributed by atoms with Crippen molar-refractivity contribution >= 4 is 73.0 Å². The van der Waals surface area contributed by atoms with Crippen LogP contribution in [0.15, 0.2) is 399 Å². The van der Waals surface area contributed by atoms with Crippen LogP contribution in [0.3, 0.4) is 0 Å². The van der Waals surface area contributed by atoms with Crippen molar-refractivity contribution in [3.05, 3.63) is 415 Å². The fraction of sp³-hybridized carbons (Fsp3) is 0.0727. The molecule has 0 bridgehead atoms. The fourth-order valence-corrected chi connectivity index (χ4v) is 16.4. The maximum absolute atomic E-state index is 6.15. The van der Waals surface area contributed by atoms with Crippen LogP contribution in [-0.4, -0.2) is 58.2 Å². The number of aromatic nitrogens is 8. The molecule has 2 aliphatic rings. The average Bonchev–Trinajstić information content (AvgIpc) is 1.57. The van der Waals surface area contributed by atoms with Crippen LogP contribution in [0.5, 0.6) is 0 Å². The van der Waals surface area contributed by atoms with Gasteiger partial charge in [-0.3, -0.25) is 9.97 Å². The Labute approximate surface area is 718 Å². The molecule has 1 aliphatic heterocycles. The summed E-state index contributed by atoms with van der Waals surface area (Å²) in [7, 11) is -0.325. The second-order valence-corrected chi connectivity index (χ2v) is 32.7. The van der Waals surface area contributed by atoms with Crippen LogP contribution in [0, 0.1) is 0 Å². The van der Waals surface area contributed by atoms with Crippen LogP contribution in [0.2, 0.25) is 0 Å². The molecule has 4 aromatic heterocycles. The quantitative estimate of drug-likeness (QED) is 0.0768. The Kier molecular flexibility index (Phi) is 21.7. The van der Waals surface area contributed by atoms with E-state index in [1.165, 1.54) is 70.6 Å². The molecule has 122 heavy (non-hydrogen) atoms. The van der Waals surface area contributed by atoms with Crippen LogP contribution in [0.25, 0.3) is 180 Å². The van der Waals surface area contributed by atoms with E-state index in [1.807, 2.05) is 67.3 Å². The molecule has 0 spiro atoms. The summed E-state index contributed by atoms with van der Waals surface area (Å²) in [5, 5.41) is 9.74. The van der Waals surface area contributed by atoms with Gasteiger partial charge in [-0.05, 0) is 180 Å². The van der Waals surface area contributed by atoms with Gasteiger partial charge in [0.15, 0.2) is 34.9 Å². The van der Waals surface area contributed by atoms with E-state index in [1.54, 1.807) is 0 Å². The van der Waals surface area contributed by atoms with Crippen molar-refractivity contribution in [2.45, 2.75) is 51.2 Å². The molecule has 1 aliphatic carbocycles. The second-order valence-electron chi connectivity index (χ2n) is 31.8. The topological polar surface area (TPSA) is 122 Å². The first-order valence-corrected chi connectivity index (χ1v) is 42.0. The van der Waals surface area contributed by atoms with Gasteiger partial charge in [-0.15, -0.1) is 0 Å². The van der Waals surface area contributed by atoms with E-state index in [0.29, 0.717) is 34.9 Å². The van der Waals surface area contributed by atoms with E-state index in [2.05, 4.69) is 393 Å². The molecule has 12 heteroatoms. The maximum Gasteiger partial charge on any atom is 0.494 e. The predicted molar refractivity (Wildman–Crippen MR) is 505 cm³/mol. The summed E-state index contributed by atoms with van der Waals surface area (Å²) in [4.78, 5) is 38.8. The lowest BCUT2D eigenvalue weighted by atomic mass is 9.78. The van der Waals surface area contributed by atoms with E-state index in [0.717, 1.165) is 94.2 Å². The molecule has 21 rings (SSSR count). The SMILES string of the molecule is Brc1cccc(-c2cccc(-c3nc(-c4ccc(-c5ccccc5)cc4)nc(-c4ccc(-c5ccccc5)cc4)n3)c2)c1.C1=c2ccc3ccncc3c2=CCC1c1cccc(-c2cccc(-c3nc(-c4ccc(-c5ccccc5)cc4)nc(-c4ccc(-c5ccccc5)cc4)n3)c2)c1.CC1(C)OB(c2ccc3c(ccc4ccncc43)c2)OC1(C)C. The van der Waals surface area contributed by atoms with Gasteiger partial charge in [0.1, 0.15) is 0 Å². The second kappa shape index (κ2) is 34.1. The van der Waals surface area contributed by atoms with Crippen LogP contribution in [0.1, 0.15) is 45.6 Å². The molecule has 1 fully saturated rings. The Bertz CT molecular complexity index is 6950. The maximum atomic E-state index is 6.15. The Morgan fingerprint density at radius 2 is 0.631 bits per heavy atom. The van der Waals surface area contributed by atoms with E-state index in [-0.39, 0.29) is 24.2 Å². The van der Waals surface area contributed by atoms with Crippen LogP contribution >= 0.6 is 15.9 Å². The first-order chi connectivity index (χ1) is 59.8. The molecule has 15 aromatic carbocycles. The minimum absolute atomic E-state index is 0.287. The van der Waals surface area contributed by atoms with Crippen LogP contribution in [0.4, 0.5) is 0 Å². The van der Waals surface area contributed by atoms with Gasteiger partial charge in [0.25, 0.3) is 0 Å². The lowest BCUT2D eigenvalue weighted by Gasteiger charge is -2.32. The standard InChI is InChI=1S/C52H36N4.C39H26BrN3.C19H20BNO2/c1-3-9-35(10-4-1)37-17-22-40(23-18-37)50-54-51(41-24-19-38(20-25-41)36-11-5-2-6-12-36)56-52(55-50)47-16-8-15-44(33-47)42-13-7-14-43(31-42)45-27-28-48-46(32-45)26-21-39-29-30-53-34-49(39)48;40-36-16-8-14-34(26-36)33-13-7-15-35(25-33)39-42-37(31-21-17-29(18-22-31)27-9-3-1-4-10-27)41-38(43-39)32-23-19-30(20-24-32)28-11-5-2-6-12-28;1-18(2)19(3,4)23-20(22-18)15-7-8-16-14(11-15)6-5-13-9-10-21-12-17(13)16/h1-26,28-34,45H,27H2;1-26H;5-12H,1-4H3. The summed E-state index contributed by atoms with van der Waals surface area (Å²) < 4.78 is 13.3.